The number of hydrogen-bond donors (Lipinski definition) is 1. The fraction of sp³-hybridized carbons (Fsp3) is 0.348. The van der Waals surface area contributed by atoms with E-state index in [9.17, 15) is 4.79 Å². The Hall–Kier alpha value is -2.51. The molecule has 3 aromatic rings. The predicted molar refractivity (Wildman–Crippen MR) is 127 cm³/mol. The first-order valence-electron chi connectivity index (χ1n) is 10.1. The van der Waals surface area contributed by atoms with Crippen molar-refractivity contribution in [3.05, 3.63) is 64.4 Å². The number of nitrogens with zero attached hydrogens (tertiary/aromatic N) is 3. The van der Waals surface area contributed by atoms with E-state index in [2.05, 4.69) is 27.5 Å². The quantitative estimate of drug-likeness (QED) is 0.595. The number of halogens is 1. The van der Waals surface area contributed by atoms with Crippen molar-refractivity contribution in [3.63, 3.8) is 0 Å². The first-order valence-corrected chi connectivity index (χ1v) is 10.5. The van der Waals surface area contributed by atoms with E-state index < -0.39 is 0 Å². The average Bonchev–Trinajstić information content (AvgIpc) is 3.27. The summed E-state index contributed by atoms with van der Waals surface area (Å²) in [5, 5.41) is 8.16. The van der Waals surface area contributed by atoms with Gasteiger partial charge in [-0.1, -0.05) is 35.9 Å². The zero-order valence-electron chi connectivity index (χ0n) is 17.9. The summed E-state index contributed by atoms with van der Waals surface area (Å²) in [6.45, 7) is 3.89. The third kappa shape index (κ3) is 5.22. The van der Waals surface area contributed by atoms with Crippen LogP contribution in [0.4, 0.5) is 0 Å². The lowest BCUT2D eigenvalue weighted by Crippen LogP contribution is -2.29. The van der Waals surface area contributed by atoms with E-state index in [1.54, 1.807) is 17.8 Å². The minimum atomic E-state index is -0.0568. The molecule has 1 aliphatic rings. The molecule has 0 saturated carbocycles. The van der Waals surface area contributed by atoms with Crippen LogP contribution in [0.3, 0.4) is 0 Å². The number of nitrogens with one attached hydrogen (secondary N) is 1. The van der Waals surface area contributed by atoms with Gasteiger partial charge in [-0.15, -0.1) is 0 Å². The molecule has 0 unspecified atom stereocenters. The number of ether oxygens (including phenoxy) is 1. The summed E-state index contributed by atoms with van der Waals surface area (Å²) in [6.07, 6.45) is 2.10. The van der Waals surface area contributed by atoms with Crippen LogP contribution in [0.2, 0.25) is 5.02 Å². The van der Waals surface area contributed by atoms with Crippen molar-refractivity contribution >= 4 is 31.0 Å². The van der Waals surface area contributed by atoms with Crippen molar-refractivity contribution in [2.24, 2.45) is 7.05 Å². The molecule has 1 amide bonds. The van der Waals surface area contributed by atoms with E-state index >= 15 is 0 Å². The van der Waals surface area contributed by atoms with Gasteiger partial charge in [-0.25, -0.2) is 4.98 Å². The monoisotopic (exact) mass is 458 g/mol. The highest BCUT2D eigenvalue weighted by Gasteiger charge is 2.24. The second kappa shape index (κ2) is 9.75. The van der Waals surface area contributed by atoms with Crippen molar-refractivity contribution in [1.29, 1.82) is 0 Å². The molecule has 0 fully saturated rings. The van der Waals surface area contributed by atoms with E-state index in [-0.39, 0.29) is 38.0 Å². The van der Waals surface area contributed by atoms with Gasteiger partial charge in [0.1, 0.15) is 11.6 Å². The zero-order valence-corrected chi connectivity index (χ0v) is 19.6. The summed E-state index contributed by atoms with van der Waals surface area (Å²) in [5.74, 6) is 1.68. The molecule has 1 heterocycles. The highest BCUT2D eigenvalue weighted by Crippen LogP contribution is 2.31. The number of amides is 1. The Labute approximate surface area is 194 Å². The number of aromatic nitrogens is 3. The lowest BCUT2D eigenvalue weighted by molar-refractivity contribution is -0.121. The molecule has 0 aliphatic heterocycles. The Balaban J connectivity index is 0.00000272. The Bertz CT molecular complexity index is 1080. The maximum atomic E-state index is 12.7. The van der Waals surface area contributed by atoms with E-state index in [1.807, 2.05) is 38.1 Å². The second-order valence-electron chi connectivity index (χ2n) is 7.82. The first kappa shape index (κ1) is 23.2. The van der Waals surface area contributed by atoms with Crippen LogP contribution >= 0.6 is 25.1 Å². The lowest BCUT2D eigenvalue weighted by atomic mass is 10.1. The zero-order chi connectivity index (χ0) is 21.3. The highest BCUT2D eigenvalue weighted by atomic mass is 35.5. The van der Waals surface area contributed by atoms with Crippen molar-refractivity contribution in [3.8, 4) is 17.1 Å². The molecule has 1 aromatic heterocycles. The SMILES string of the molecule is CC(C)Oc1cc(-c2nc(CC(=O)N[C@H]3CCc4ccccc43)n(C)n2)ccc1Cl.S. The standard InChI is InChI=1S/C23H25ClN4O2.H2S/c1-14(2)30-20-12-16(8-10-18(20)24)23-26-21(28(3)27-23)13-22(29)25-19-11-9-15-6-4-5-7-17(15)19;/h4-8,10,12,14,19H,9,11,13H2,1-3H3,(H,25,29);1H2/t19-;/m0./s1. The molecule has 1 atom stereocenters. The smallest absolute Gasteiger partial charge is 0.228 e. The predicted octanol–water partition coefficient (Wildman–Crippen LogP) is 4.38. The molecule has 0 bridgehead atoms. The van der Waals surface area contributed by atoms with Crippen LogP contribution in [0.25, 0.3) is 11.4 Å². The summed E-state index contributed by atoms with van der Waals surface area (Å²) in [5.41, 5.74) is 3.32. The molecule has 4 rings (SSSR count). The van der Waals surface area contributed by atoms with Crippen LogP contribution in [-0.2, 0) is 24.7 Å². The van der Waals surface area contributed by atoms with Crippen LogP contribution < -0.4 is 10.1 Å². The largest absolute Gasteiger partial charge is 0.489 e. The molecule has 0 radical (unpaired) electrons. The summed E-state index contributed by atoms with van der Waals surface area (Å²) >= 11 is 6.23. The summed E-state index contributed by atoms with van der Waals surface area (Å²) < 4.78 is 7.40. The van der Waals surface area contributed by atoms with Crippen molar-refractivity contribution in [1.82, 2.24) is 20.1 Å². The maximum absolute atomic E-state index is 12.7. The van der Waals surface area contributed by atoms with Gasteiger partial charge in [-0.2, -0.15) is 18.6 Å². The minimum absolute atomic E-state index is 0. The molecule has 8 heteroatoms. The Morgan fingerprint density at radius 3 is 2.84 bits per heavy atom. The number of hydrogen-bond acceptors (Lipinski definition) is 4. The van der Waals surface area contributed by atoms with E-state index in [4.69, 9.17) is 16.3 Å². The van der Waals surface area contributed by atoms with Gasteiger partial charge in [0.25, 0.3) is 0 Å². The van der Waals surface area contributed by atoms with Gasteiger partial charge in [-0.05, 0) is 56.0 Å². The Kier molecular flexibility index (Phi) is 7.28. The maximum Gasteiger partial charge on any atom is 0.228 e. The van der Waals surface area contributed by atoms with Gasteiger partial charge in [0.2, 0.25) is 5.91 Å². The van der Waals surface area contributed by atoms with E-state index in [0.717, 1.165) is 18.4 Å². The normalized spacial score (nSPS) is 14.8. The van der Waals surface area contributed by atoms with Gasteiger partial charge < -0.3 is 10.1 Å². The molecule has 164 valence electrons. The summed E-state index contributed by atoms with van der Waals surface area (Å²) in [6, 6.07) is 13.8. The number of aryl methyl sites for hydroxylation is 2. The molecule has 1 N–H and O–H groups in total. The van der Waals surface area contributed by atoms with Crippen LogP contribution in [0.1, 0.15) is 43.3 Å². The number of fused-ring (bicyclic) bond motifs is 1. The molecule has 2 aromatic carbocycles. The minimum Gasteiger partial charge on any atom is -0.489 e. The van der Waals surface area contributed by atoms with Gasteiger partial charge in [-0.3, -0.25) is 9.48 Å². The fourth-order valence-corrected chi connectivity index (χ4v) is 3.94. The van der Waals surface area contributed by atoms with Crippen molar-refractivity contribution in [2.75, 3.05) is 0 Å². The molecule has 6 nitrogen and oxygen atoms in total. The van der Waals surface area contributed by atoms with Gasteiger partial charge in [0, 0.05) is 12.6 Å². The van der Waals surface area contributed by atoms with Crippen molar-refractivity contribution in [2.45, 2.75) is 45.3 Å². The van der Waals surface area contributed by atoms with E-state index in [1.165, 1.54) is 11.1 Å². The third-order valence-corrected chi connectivity index (χ3v) is 5.50. The summed E-state index contributed by atoms with van der Waals surface area (Å²) in [4.78, 5) is 17.2. The van der Waals surface area contributed by atoms with Crippen molar-refractivity contribution < 1.29 is 9.53 Å². The number of benzene rings is 2. The van der Waals surface area contributed by atoms with E-state index in [0.29, 0.717) is 22.4 Å². The molecule has 31 heavy (non-hydrogen) atoms. The molecule has 0 saturated heterocycles. The molecular formula is C23H27ClN4O2S. The van der Waals surface area contributed by atoms with Crippen LogP contribution in [-0.4, -0.2) is 26.8 Å². The fourth-order valence-electron chi connectivity index (χ4n) is 3.78. The number of rotatable bonds is 6. The van der Waals surface area contributed by atoms with Crippen LogP contribution in [0, 0.1) is 0 Å². The van der Waals surface area contributed by atoms with Gasteiger partial charge in [0.05, 0.1) is 23.6 Å². The lowest BCUT2D eigenvalue weighted by Gasteiger charge is -2.13. The molecule has 1 aliphatic carbocycles. The highest BCUT2D eigenvalue weighted by molar-refractivity contribution is 7.59. The number of carbonyl (C=O) groups is 1. The Morgan fingerprint density at radius 1 is 1.29 bits per heavy atom. The average molecular weight is 459 g/mol. The first-order chi connectivity index (χ1) is 14.4. The molecular weight excluding hydrogens is 432 g/mol. The molecule has 0 spiro atoms. The Morgan fingerprint density at radius 2 is 2.06 bits per heavy atom. The van der Waals surface area contributed by atoms with Crippen LogP contribution in [0.5, 0.6) is 5.75 Å². The van der Waals surface area contributed by atoms with Gasteiger partial charge >= 0.3 is 0 Å². The third-order valence-electron chi connectivity index (χ3n) is 5.19. The second-order valence-corrected chi connectivity index (χ2v) is 8.23. The topological polar surface area (TPSA) is 69.0 Å². The number of carbonyl (C=O) groups excluding carboxylic acids is 1. The van der Waals surface area contributed by atoms with Crippen LogP contribution in [0.15, 0.2) is 42.5 Å². The van der Waals surface area contributed by atoms with Gasteiger partial charge in [0.15, 0.2) is 5.82 Å². The summed E-state index contributed by atoms with van der Waals surface area (Å²) in [7, 11) is 1.80.